The van der Waals surface area contributed by atoms with Crippen molar-refractivity contribution in [2.45, 2.75) is 20.4 Å². The first-order valence-electron chi connectivity index (χ1n) is 8.51. The molecular formula is C20H25NO5. The van der Waals surface area contributed by atoms with Crippen molar-refractivity contribution in [3.05, 3.63) is 47.5 Å². The maximum absolute atomic E-state index is 12.5. The molecule has 0 fully saturated rings. The summed E-state index contributed by atoms with van der Waals surface area (Å²) in [5.41, 5.74) is 1.39. The lowest BCUT2D eigenvalue weighted by molar-refractivity contribution is 0.0950. The molecule has 0 spiro atoms. The number of ether oxygens (including phenoxy) is 4. The number of rotatable bonds is 9. The molecule has 0 radical (unpaired) electrons. The molecule has 2 aromatic rings. The standard InChI is InChI=1S/C20H25NO5/c1-5-25-18-8-7-14(9-19(18)26-6-2)13-21-20(22)15-10-16(23-3)12-17(11-15)24-4/h7-12H,5-6,13H2,1-4H3,(H,21,22). The maximum atomic E-state index is 12.5. The molecule has 0 bridgehead atoms. The third kappa shape index (κ3) is 5.05. The Balaban J connectivity index is 2.10. The van der Waals surface area contributed by atoms with E-state index in [2.05, 4.69) is 5.32 Å². The zero-order valence-electron chi connectivity index (χ0n) is 15.6. The Morgan fingerprint density at radius 1 is 0.885 bits per heavy atom. The van der Waals surface area contributed by atoms with E-state index in [1.807, 2.05) is 32.0 Å². The highest BCUT2D eigenvalue weighted by molar-refractivity contribution is 5.95. The van der Waals surface area contributed by atoms with Crippen LogP contribution >= 0.6 is 0 Å². The Hall–Kier alpha value is -2.89. The van der Waals surface area contributed by atoms with Crippen LogP contribution in [0.25, 0.3) is 0 Å². The van der Waals surface area contributed by atoms with Gasteiger partial charge in [-0.1, -0.05) is 6.07 Å². The van der Waals surface area contributed by atoms with Gasteiger partial charge >= 0.3 is 0 Å². The lowest BCUT2D eigenvalue weighted by Crippen LogP contribution is -2.22. The van der Waals surface area contributed by atoms with Crippen molar-refractivity contribution in [1.82, 2.24) is 5.32 Å². The van der Waals surface area contributed by atoms with Crippen LogP contribution in [0.4, 0.5) is 0 Å². The monoisotopic (exact) mass is 359 g/mol. The van der Waals surface area contributed by atoms with Crippen LogP contribution in [0.5, 0.6) is 23.0 Å². The van der Waals surface area contributed by atoms with Crippen LogP contribution in [0.1, 0.15) is 29.8 Å². The van der Waals surface area contributed by atoms with Gasteiger partial charge in [-0.3, -0.25) is 4.79 Å². The van der Waals surface area contributed by atoms with Gasteiger partial charge in [-0.15, -0.1) is 0 Å². The van der Waals surface area contributed by atoms with E-state index in [0.717, 1.165) is 5.56 Å². The van der Waals surface area contributed by atoms with Gasteiger partial charge < -0.3 is 24.3 Å². The van der Waals surface area contributed by atoms with E-state index in [-0.39, 0.29) is 5.91 Å². The minimum Gasteiger partial charge on any atom is -0.497 e. The van der Waals surface area contributed by atoms with Gasteiger partial charge in [0.25, 0.3) is 5.91 Å². The van der Waals surface area contributed by atoms with Crippen LogP contribution in [0.2, 0.25) is 0 Å². The number of amides is 1. The van der Waals surface area contributed by atoms with Gasteiger partial charge in [0, 0.05) is 18.2 Å². The SMILES string of the molecule is CCOc1ccc(CNC(=O)c2cc(OC)cc(OC)c2)cc1OCC. The van der Waals surface area contributed by atoms with Crippen molar-refractivity contribution in [3.8, 4) is 23.0 Å². The molecule has 0 aromatic heterocycles. The zero-order valence-corrected chi connectivity index (χ0v) is 15.6. The van der Waals surface area contributed by atoms with Crippen molar-refractivity contribution in [3.63, 3.8) is 0 Å². The molecule has 0 atom stereocenters. The molecule has 0 aliphatic heterocycles. The number of carbonyl (C=O) groups excluding carboxylic acids is 1. The Morgan fingerprint density at radius 3 is 2.08 bits per heavy atom. The van der Waals surface area contributed by atoms with Crippen molar-refractivity contribution in [2.24, 2.45) is 0 Å². The number of hydrogen-bond donors (Lipinski definition) is 1. The Labute approximate surface area is 154 Å². The van der Waals surface area contributed by atoms with Gasteiger partial charge in [-0.05, 0) is 43.7 Å². The molecule has 140 valence electrons. The second kappa shape index (κ2) is 9.56. The van der Waals surface area contributed by atoms with E-state index >= 15 is 0 Å². The lowest BCUT2D eigenvalue weighted by Gasteiger charge is -2.13. The number of nitrogens with one attached hydrogen (secondary N) is 1. The van der Waals surface area contributed by atoms with E-state index in [4.69, 9.17) is 18.9 Å². The maximum Gasteiger partial charge on any atom is 0.251 e. The largest absolute Gasteiger partial charge is 0.497 e. The second-order valence-electron chi connectivity index (χ2n) is 5.43. The Bertz CT molecular complexity index is 723. The Kier molecular flexibility index (Phi) is 7.14. The van der Waals surface area contributed by atoms with Crippen molar-refractivity contribution in [2.75, 3.05) is 27.4 Å². The molecule has 1 amide bonds. The van der Waals surface area contributed by atoms with Crippen LogP contribution in [0, 0.1) is 0 Å². The molecule has 2 aromatic carbocycles. The average molecular weight is 359 g/mol. The fraction of sp³-hybridized carbons (Fsp3) is 0.350. The molecule has 0 heterocycles. The average Bonchev–Trinajstić information content (AvgIpc) is 2.67. The summed E-state index contributed by atoms with van der Waals surface area (Å²) in [5.74, 6) is 2.28. The van der Waals surface area contributed by atoms with Crippen molar-refractivity contribution in [1.29, 1.82) is 0 Å². The normalized spacial score (nSPS) is 10.2. The molecule has 0 saturated heterocycles. The quantitative estimate of drug-likeness (QED) is 0.743. The van der Waals surface area contributed by atoms with Crippen LogP contribution in [0.15, 0.2) is 36.4 Å². The van der Waals surface area contributed by atoms with Gasteiger partial charge in [-0.2, -0.15) is 0 Å². The molecule has 6 heteroatoms. The number of carbonyl (C=O) groups is 1. The van der Waals surface area contributed by atoms with Crippen LogP contribution in [-0.4, -0.2) is 33.3 Å². The van der Waals surface area contributed by atoms with E-state index in [1.165, 1.54) is 0 Å². The number of methoxy groups -OCH3 is 2. The minimum atomic E-state index is -0.214. The van der Waals surface area contributed by atoms with Gasteiger partial charge in [0.1, 0.15) is 11.5 Å². The third-order valence-electron chi connectivity index (χ3n) is 3.67. The first-order valence-corrected chi connectivity index (χ1v) is 8.51. The summed E-state index contributed by atoms with van der Waals surface area (Å²) in [7, 11) is 3.09. The highest BCUT2D eigenvalue weighted by atomic mass is 16.5. The summed E-state index contributed by atoms with van der Waals surface area (Å²) in [4.78, 5) is 12.5. The third-order valence-corrected chi connectivity index (χ3v) is 3.67. The van der Waals surface area contributed by atoms with E-state index in [1.54, 1.807) is 32.4 Å². The first kappa shape index (κ1) is 19.4. The second-order valence-corrected chi connectivity index (χ2v) is 5.43. The highest BCUT2D eigenvalue weighted by Crippen LogP contribution is 2.28. The molecule has 2 rings (SSSR count). The molecule has 0 unspecified atom stereocenters. The summed E-state index contributed by atoms with van der Waals surface area (Å²) in [6, 6.07) is 10.7. The zero-order chi connectivity index (χ0) is 18.9. The first-order chi connectivity index (χ1) is 12.6. The summed E-state index contributed by atoms with van der Waals surface area (Å²) >= 11 is 0. The van der Waals surface area contributed by atoms with Crippen LogP contribution < -0.4 is 24.3 Å². The molecule has 1 N–H and O–H groups in total. The molecular weight excluding hydrogens is 334 g/mol. The Morgan fingerprint density at radius 2 is 1.50 bits per heavy atom. The van der Waals surface area contributed by atoms with E-state index in [0.29, 0.717) is 48.3 Å². The molecule has 0 aliphatic rings. The topological polar surface area (TPSA) is 66.0 Å². The van der Waals surface area contributed by atoms with Gasteiger partial charge in [0.15, 0.2) is 11.5 Å². The van der Waals surface area contributed by atoms with Crippen molar-refractivity contribution >= 4 is 5.91 Å². The fourth-order valence-electron chi connectivity index (χ4n) is 2.43. The smallest absolute Gasteiger partial charge is 0.251 e. The summed E-state index contributed by atoms with van der Waals surface area (Å²) in [6.07, 6.45) is 0. The highest BCUT2D eigenvalue weighted by Gasteiger charge is 2.11. The molecule has 0 aliphatic carbocycles. The summed E-state index contributed by atoms with van der Waals surface area (Å²) in [5, 5.41) is 2.89. The minimum absolute atomic E-state index is 0.214. The van der Waals surface area contributed by atoms with E-state index in [9.17, 15) is 4.79 Å². The van der Waals surface area contributed by atoms with E-state index < -0.39 is 0 Å². The molecule has 0 saturated carbocycles. The summed E-state index contributed by atoms with van der Waals surface area (Å²) in [6.45, 7) is 5.31. The number of hydrogen-bond acceptors (Lipinski definition) is 5. The molecule has 26 heavy (non-hydrogen) atoms. The molecule has 6 nitrogen and oxygen atoms in total. The van der Waals surface area contributed by atoms with Gasteiger partial charge in [0.2, 0.25) is 0 Å². The van der Waals surface area contributed by atoms with Crippen LogP contribution in [0.3, 0.4) is 0 Å². The predicted molar refractivity (Wildman–Crippen MR) is 99.5 cm³/mol. The van der Waals surface area contributed by atoms with Crippen LogP contribution in [-0.2, 0) is 6.54 Å². The number of benzene rings is 2. The summed E-state index contributed by atoms with van der Waals surface area (Å²) < 4.78 is 21.6. The fourth-order valence-corrected chi connectivity index (χ4v) is 2.43. The van der Waals surface area contributed by atoms with Crippen molar-refractivity contribution < 1.29 is 23.7 Å². The van der Waals surface area contributed by atoms with Gasteiger partial charge in [-0.25, -0.2) is 0 Å². The lowest BCUT2D eigenvalue weighted by atomic mass is 10.1. The predicted octanol–water partition coefficient (Wildman–Crippen LogP) is 3.43. The van der Waals surface area contributed by atoms with Gasteiger partial charge in [0.05, 0.1) is 27.4 Å².